The van der Waals surface area contributed by atoms with E-state index in [1.54, 1.807) is 13.3 Å². The summed E-state index contributed by atoms with van der Waals surface area (Å²) in [6.07, 6.45) is 3.88. The van der Waals surface area contributed by atoms with Crippen molar-refractivity contribution in [3.8, 4) is 0 Å². The van der Waals surface area contributed by atoms with E-state index in [1.807, 2.05) is 19.2 Å². The fourth-order valence-electron chi connectivity index (χ4n) is 2.98. The second kappa shape index (κ2) is 11.2. The van der Waals surface area contributed by atoms with Crippen molar-refractivity contribution < 1.29 is 4.74 Å². The molecule has 1 aliphatic rings. The summed E-state index contributed by atoms with van der Waals surface area (Å²) < 4.78 is 5.09. The van der Waals surface area contributed by atoms with Gasteiger partial charge < -0.3 is 25.2 Å². The number of likely N-dealkylation sites (N-methyl/N-ethyl adjacent to an activating group) is 1. The van der Waals surface area contributed by atoms with Crippen molar-refractivity contribution in [2.24, 2.45) is 4.99 Å². The quantitative estimate of drug-likeness (QED) is 0.383. The molecule has 0 bridgehead atoms. The van der Waals surface area contributed by atoms with Gasteiger partial charge >= 0.3 is 0 Å². The molecule has 8 heteroatoms. The second-order valence-corrected chi connectivity index (χ2v) is 6.94. The first-order valence-electron chi connectivity index (χ1n) is 9.14. The molecule has 1 unspecified atom stereocenters. The van der Waals surface area contributed by atoms with Crippen LogP contribution in [0.15, 0.2) is 23.3 Å². The van der Waals surface area contributed by atoms with Crippen molar-refractivity contribution in [1.82, 2.24) is 20.5 Å². The molecule has 1 fully saturated rings. The van der Waals surface area contributed by atoms with Crippen molar-refractivity contribution >= 4 is 23.4 Å². The SMILES string of the molecule is CN=C(NCCCN(C)CCOC)NC1CCN(c2ncccc2Cl)C1. The molecule has 1 saturated heterocycles. The average Bonchev–Trinajstić information content (AvgIpc) is 3.11. The zero-order chi connectivity index (χ0) is 18.8. The monoisotopic (exact) mass is 382 g/mol. The van der Waals surface area contributed by atoms with Gasteiger partial charge in [-0.15, -0.1) is 0 Å². The van der Waals surface area contributed by atoms with Gasteiger partial charge in [-0.3, -0.25) is 4.99 Å². The van der Waals surface area contributed by atoms with Gasteiger partial charge in [0, 0.05) is 52.6 Å². The number of aromatic nitrogens is 1. The molecule has 1 aliphatic heterocycles. The maximum absolute atomic E-state index is 6.25. The molecule has 146 valence electrons. The summed E-state index contributed by atoms with van der Waals surface area (Å²) in [5.74, 6) is 1.71. The Morgan fingerprint density at radius 1 is 1.50 bits per heavy atom. The van der Waals surface area contributed by atoms with Gasteiger partial charge in [0.1, 0.15) is 5.82 Å². The van der Waals surface area contributed by atoms with E-state index in [-0.39, 0.29) is 0 Å². The third kappa shape index (κ3) is 6.63. The number of nitrogens with one attached hydrogen (secondary N) is 2. The summed E-state index contributed by atoms with van der Waals surface area (Å²) in [4.78, 5) is 13.2. The van der Waals surface area contributed by atoms with E-state index in [4.69, 9.17) is 16.3 Å². The zero-order valence-electron chi connectivity index (χ0n) is 16.0. The lowest BCUT2D eigenvalue weighted by Gasteiger charge is -2.20. The number of hydrogen-bond donors (Lipinski definition) is 2. The van der Waals surface area contributed by atoms with Crippen LogP contribution >= 0.6 is 11.6 Å². The van der Waals surface area contributed by atoms with E-state index in [2.05, 4.69) is 37.5 Å². The van der Waals surface area contributed by atoms with Crippen molar-refractivity contribution in [2.45, 2.75) is 18.9 Å². The molecule has 1 aromatic heterocycles. The summed E-state index contributed by atoms with van der Waals surface area (Å²) in [6, 6.07) is 4.08. The van der Waals surface area contributed by atoms with Crippen LogP contribution in [0.3, 0.4) is 0 Å². The lowest BCUT2D eigenvalue weighted by Crippen LogP contribution is -2.45. The van der Waals surface area contributed by atoms with E-state index in [0.29, 0.717) is 11.1 Å². The minimum atomic E-state index is 0.337. The van der Waals surface area contributed by atoms with E-state index in [1.165, 1.54) is 0 Å². The standard InChI is InChI=1S/C18H31ClN6O/c1-20-18(22-9-5-10-24(2)12-13-26-3)23-15-7-11-25(14-15)17-16(19)6-4-8-21-17/h4,6,8,15H,5,7,9-14H2,1-3H3,(H2,20,22,23). The van der Waals surface area contributed by atoms with Crippen molar-refractivity contribution in [3.05, 3.63) is 23.4 Å². The predicted molar refractivity (Wildman–Crippen MR) is 108 cm³/mol. The minimum Gasteiger partial charge on any atom is -0.383 e. The Balaban J connectivity index is 1.69. The molecule has 0 aromatic carbocycles. The highest BCUT2D eigenvalue weighted by molar-refractivity contribution is 6.32. The van der Waals surface area contributed by atoms with Crippen LogP contribution in [0.5, 0.6) is 0 Å². The van der Waals surface area contributed by atoms with Gasteiger partial charge in [-0.05, 0) is 38.6 Å². The molecule has 0 saturated carbocycles. The molecular weight excluding hydrogens is 352 g/mol. The van der Waals surface area contributed by atoms with Gasteiger partial charge in [-0.2, -0.15) is 0 Å². The first-order chi connectivity index (χ1) is 12.6. The van der Waals surface area contributed by atoms with Crippen molar-refractivity contribution in [3.63, 3.8) is 0 Å². The average molecular weight is 383 g/mol. The van der Waals surface area contributed by atoms with E-state index >= 15 is 0 Å². The normalized spacial score (nSPS) is 17.8. The predicted octanol–water partition coefficient (Wildman–Crippen LogP) is 1.45. The van der Waals surface area contributed by atoms with Crippen LogP contribution in [0.1, 0.15) is 12.8 Å². The fraction of sp³-hybridized carbons (Fsp3) is 0.667. The van der Waals surface area contributed by atoms with E-state index in [9.17, 15) is 0 Å². The van der Waals surface area contributed by atoms with E-state index in [0.717, 1.165) is 63.9 Å². The van der Waals surface area contributed by atoms with Crippen LogP contribution in [0, 0.1) is 0 Å². The van der Waals surface area contributed by atoms with Gasteiger partial charge in [0.2, 0.25) is 0 Å². The molecule has 2 N–H and O–H groups in total. The third-order valence-corrected chi connectivity index (χ3v) is 4.77. The number of pyridine rings is 1. The molecule has 1 atom stereocenters. The molecule has 0 radical (unpaired) electrons. The molecule has 26 heavy (non-hydrogen) atoms. The zero-order valence-corrected chi connectivity index (χ0v) is 16.8. The summed E-state index contributed by atoms with van der Waals surface area (Å²) in [6.45, 7) is 5.46. The Morgan fingerprint density at radius 3 is 3.08 bits per heavy atom. The molecule has 1 aromatic rings. The van der Waals surface area contributed by atoms with Crippen LogP contribution in [-0.4, -0.2) is 82.4 Å². The smallest absolute Gasteiger partial charge is 0.191 e. The Morgan fingerprint density at radius 2 is 2.35 bits per heavy atom. The summed E-state index contributed by atoms with van der Waals surface area (Å²) in [5, 5.41) is 7.60. The first kappa shape index (κ1) is 20.7. The molecular formula is C18H31ClN6O. The lowest BCUT2D eigenvalue weighted by molar-refractivity contribution is 0.161. The van der Waals surface area contributed by atoms with Gasteiger partial charge in [0.25, 0.3) is 0 Å². The van der Waals surface area contributed by atoms with Gasteiger partial charge in [0.15, 0.2) is 5.96 Å². The van der Waals surface area contributed by atoms with Crippen LogP contribution in [0.4, 0.5) is 5.82 Å². The summed E-state index contributed by atoms with van der Waals surface area (Å²) in [7, 11) is 5.65. The van der Waals surface area contributed by atoms with Crippen LogP contribution in [0.2, 0.25) is 5.02 Å². The Bertz CT molecular complexity index is 570. The number of guanidine groups is 1. The number of ether oxygens (including phenoxy) is 1. The van der Waals surface area contributed by atoms with Crippen molar-refractivity contribution in [2.75, 3.05) is 65.4 Å². The number of rotatable bonds is 9. The topological polar surface area (TPSA) is 65.0 Å². The second-order valence-electron chi connectivity index (χ2n) is 6.53. The maximum Gasteiger partial charge on any atom is 0.191 e. The minimum absolute atomic E-state index is 0.337. The van der Waals surface area contributed by atoms with Gasteiger partial charge in [-0.1, -0.05) is 11.6 Å². The highest BCUT2D eigenvalue weighted by Gasteiger charge is 2.25. The van der Waals surface area contributed by atoms with Crippen LogP contribution in [0.25, 0.3) is 0 Å². The number of hydrogen-bond acceptors (Lipinski definition) is 5. The van der Waals surface area contributed by atoms with Gasteiger partial charge in [0.05, 0.1) is 11.6 Å². The van der Waals surface area contributed by atoms with Crippen molar-refractivity contribution in [1.29, 1.82) is 0 Å². The number of halogens is 1. The fourth-order valence-corrected chi connectivity index (χ4v) is 3.22. The molecule has 2 heterocycles. The molecule has 0 spiro atoms. The molecule has 0 aliphatic carbocycles. The Labute approximate surface area is 161 Å². The highest BCUT2D eigenvalue weighted by atomic mass is 35.5. The van der Waals surface area contributed by atoms with Crippen LogP contribution in [-0.2, 0) is 4.74 Å². The van der Waals surface area contributed by atoms with Crippen LogP contribution < -0.4 is 15.5 Å². The van der Waals surface area contributed by atoms with Gasteiger partial charge in [-0.25, -0.2) is 4.98 Å². The number of methoxy groups -OCH3 is 1. The Hall–Kier alpha value is -1.57. The Kier molecular flexibility index (Phi) is 8.94. The summed E-state index contributed by atoms with van der Waals surface area (Å²) >= 11 is 6.25. The number of anilines is 1. The lowest BCUT2D eigenvalue weighted by atomic mass is 10.3. The molecule has 0 amide bonds. The third-order valence-electron chi connectivity index (χ3n) is 4.48. The van der Waals surface area contributed by atoms with E-state index < -0.39 is 0 Å². The first-order valence-corrected chi connectivity index (χ1v) is 9.52. The molecule has 7 nitrogen and oxygen atoms in total. The number of aliphatic imine (C=N–C) groups is 1. The largest absolute Gasteiger partial charge is 0.383 e. The maximum atomic E-state index is 6.25. The highest BCUT2D eigenvalue weighted by Crippen LogP contribution is 2.25. The number of nitrogens with zero attached hydrogens (tertiary/aromatic N) is 4. The summed E-state index contributed by atoms with van der Waals surface area (Å²) in [5.41, 5.74) is 0. The molecule has 2 rings (SSSR count).